The fourth-order valence-corrected chi connectivity index (χ4v) is 6.20. The van der Waals surface area contributed by atoms with E-state index in [2.05, 4.69) is 105 Å². The van der Waals surface area contributed by atoms with Crippen LogP contribution in [0.5, 0.6) is 0 Å². The Bertz CT molecular complexity index is 2090. The van der Waals surface area contributed by atoms with Gasteiger partial charge in [-0.3, -0.25) is 0 Å². The van der Waals surface area contributed by atoms with Crippen molar-refractivity contribution in [2.45, 2.75) is 19.3 Å². The van der Waals surface area contributed by atoms with Crippen LogP contribution in [0.1, 0.15) is 25.1 Å². The summed E-state index contributed by atoms with van der Waals surface area (Å²) < 4.78 is 0. The quantitative estimate of drug-likeness (QED) is 0.218. The van der Waals surface area contributed by atoms with Crippen LogP contribution < -0.4 is 0 Å². The Labute approximate surface area is 250 Å². The zero-order valence-corrected chi connectivity index (χ0v) is 24.0. The fourth-order valence-electron chi connectivity index (χ4n) is 6.20. The van der Waals surface area contributed by atoms with Crippen molar-refractivity contribution >= 4 is 10.8 Å². The molecule has 1 aliphatic carbocycles. The molecule has 4 heteroatoms. The van der Waals surface area contributed by atoms with E-state index in [0.29, 0.717) is 5.82 Å². The first-order chi connectivity index (χ1) is 21.0. The van der Waals surface area contributed by atoms with E-state index >= 15 is 0 Å². The lowest BCUT2D eigenvalue weighted by atomic mass is 9.85. The molecule has 7 aromatic rings. The second kappa shape index (κ2) is 9.81. The summed E-state index contributed by atoms with van der Waals surface area (Å²) in [5.41, 5.74) is 10.4. The van der Waals surface area contributed by atoms with Crippen LogP contribution in [0.3, 0.4) is 0 Å². The van der Waals surface area contributed by atoms with Gasteiger partial charge in [0, 0.05) is 39.4 Å². The van der Waals surface area contributed by atoms with E-state index in [1.165, 1.54) is 11.1 Å². The van der Waals surface area contributed by atoms with Gasteiger partial charge in [0.25, 0.3) is 0 Å². The summed E-state index contributed by atoms with van der Waals surface area (Å²) in [5, 5.41) is 2.24. The lowest BCUT2D eigenvalue weighted by Crippen LogP contribution is -2.17. The van der Waals surface area contributed by atoms with Gasteiger partial charge in [-0.25, -0.2) is 19.9 Å². The molecule has 1 aliphatic rings. The number of benzene rings is 5. The third-order valence-electron chi connectivity index (χ3n) is 8.49. The molecule has 0 saturated heterocycles. The Morgan fingerprint density at radius 2 is 1.05 bits per heavy atom. The molecule has 0 unspecified atom stereocenters. The fraction of sp³-hybridized carbons (Fsp3) is 0.0769. The summed E-state index contributed by atoms with van der Waals surface area (Å²) in [4.78, 5) is 20.0. The van der Waals surface area contributed by atoms with Crippen LogP contribution in [0.2, 0.25) is 0 Å². The molecule has 2 aromatic heterocycles. The molecular formula is C39H28N4. The standard InChI is InChI=1S/C39H28N4/c1-39(2)33-16-10-9-15-31(33)32-24-40-37(43-36(32)39)28-19-17-25-18-20-29(22-30(25)21-28)38-41-34(26-11-5-3-6-12-26)23-35(42-38)27-13-7-4-8-14-27/h3-24H,1-2H3. The molecule has 0 amide bonds. The van der Waals surface area contributed by atoms with E-state index in [4.69, 9.17) is 19.9 Å². The maximum atomic E-state index is 5.13. The first kappa shape index (κ1) is 25.2. The number of hydrogen-bond acceptors (Lipinski definition) is 4. The number of hydrogen-bond donors (Lipinski definition) is 0. The Morgan fingerprint density at radius 1 is 0.465 bits per heavy atom. The van der Waals surface area contributed by atoms with Crippen LogP contribution in [0.25, 0.3) is 67.2 Å². The van der Waals surface area contributed by atoms with Gasteiger partial charge in [0.2, 0.25) is 0 Å². The third kappa shape index (κ3) is 4.31. The zero-order chi connectivity index (χ0) is 29.0. The highest BCUT2D eigenvalue weighted by Crippen LogP contribution is 2.47. The minimum absolute atomic E-state index is 0.175. The molecule has 0 saturated carbocycles. The first-order valence-electron chi connectivity index (χ1n) is 14.6. The highest BCUT2D eigenvalue weighted by Gasteiger charge is 2.37. The van der Waals surface area contributed by atoms with Gasteiger partial charge in [-0.2, -0.15) is 0 Å². The summed E-state index contributed by atoms with van der Waals surface area (Å²) in [5.74, 6) is 1.43. The van der Waals surface area contributed by atoms with Crippen LogP contribution >= 0.6 is 0 Å². The summed E-state index contributed by atoms with van der Waals surface area (Å²) in [6.45, 7) is 4.49. The normalized spacial score (nSPS) is 13.1. The van der Waals surface area contributed by atoms with Gasteiger partial charge >= 0.3 is 0 Å². The first-order valence-corrected chi connectivity index (χ1v) is 14.6. The Morgan fingerprint density at radius 3 is 1.70 bits per heavy atom. The van der Waals surface area contributed by atoms with Gasteiger partial charge < -0.3 is 0 Å². The van der Waals surface area contributed by atoms with Crippen molar-refractivity contribution in [2.75, 3.05) is 0 Å². The van der Waals surface area contributed by atoms with Crippen LogP contribution in [-0.4, -0.2) is 19.9 Å². The topological polar surface area (TPSA) is 51.6 Å². The molecule has 5 aromatic carbocycles. The maximum absolute atomic E-state index is 5.13. The lowest BCUT2D eigenvalue weighted by Gasteiger charge is -2.20. The number of rotatable bonds is 4. The van der Waals surface area contributed by atoms with E-state index < -0.39 is 0 Å². The van der Waals surface area contributed by atoms with Crippen molar-refractivity contribution < 1.29 is 0 Å². The third-order valence-corrected chi connectivity index (χ3v) is 8.49. The average Bonchev–Trinajstić information content (AvgIpc) is 3.30. The molecule has 204 valence electrons. The maximum Gasteiger partial charge on any atom is 0.160 e. The molecule has 0 atom stereocenters. The molecule has 0 bridgehead atoms. The van der Waals surface area contributed by atoms with Gasteiger partial charge in [-0.05, 0) is 40.1 Å². The van der Waals surface area contributed by atoms with Crippen LogP contribution in [0, 0.1) is 0 Å². The Kier molecular flexibility index (Phi) is 5.76. The smallest absolute Gasteiger partial charge is 0.160 e. The molecule has 0 aliphatic heterocycles. The average molecular weight is 553 g/mol. The largest absolute Gasteiger partial charge is 0.236 e. The molecule has 43 heavy (non-hydrogen) atoms. The van der Waals surface area contributed by atoms with Crippen LogP contribution in [0.4, 0.5) is 0 Å². The van der Waals surface area contributed by atoms with E-state index in [9.17, 15) is 0 Å². The SMILES string of the molecule is CC1(C)c2ccccc2-c2cnc(-c3ccc4ccc(-c5nc(-c6ccccc6)cc(-c6ccccc6)n5)cc4c3)nc21. The van der Waals surface area contributed by atoms with Crippen molar-refractivity contribution in [1.29, 1.82) is 0 Å². The molecule has 2 heterocycles. The molecular weight excluding hydrogens is 524 g/mol. The van der Waals surface area contributed by atoms with E-state index in [0.717, 1.165) is 61.5 Å². The van der Waals surface area contributed by atoms with E-state index in [1.54, 1.807) is 0 Å². The van der Waals surface area contributed by atoms with Crippen molar-refractivity contribution in [1.82, 2.24) is 19.9 Å². The van der Waals surface area contributed by atoms with Gasteiger partial charge in [0.05, 0.1) is 17.1 Å². The summed E-state index contributed by atoms with van der Waals surface area (Å²) >= 11 is 0. The molecule has 0 N–H and O–H groups in total. The van der Waals surface area contributed by atoms with Crippen LogP contribution in [0.15, 0.2) is 134 Å². The van der Waals surface area contributed by atoms with E-state index in [1.807, 2.05) is 42.6 Å². The number of nitrogens with zero attached hydrogens (tertiary/aromatic N) is 4. The minimum Gasteiger partial charge on any atom is -0.236 e. The highest BCUT2D eigenvalue weighted by atomic mass is 14.9. The van der Waals surface area contributed by atoms with Gasteiger partial charge in [0.1, 0.15) is 0 Å². The van der Waals surface area contributed by atoms with Crippen molar-refractivity contribution in [2.24, 2.45) is 0 Å². The summed E-state index contributed by atoms with van der Waals surface area (Å²) in [6.07, 6.45) is 1.99. The zero-order valence-electron chi connectivity index (χ0n) is 24.0. The van der Waals surface area contributed by atoms with Gasteiger partial charge in [0.15, 0.2) is 11.6 Å². The molecule has 4 nitrogen and oxygen atoms in total. The van der Waals surface area contributed by atoms with Crippen molar-refractivity contribution in [3.8, 4) is 56.4 Å². The van der Waals surface area contributed by atoms with Gasteiger partial charge in [-0.15, -0.1) is 0 Å². The van der Waals surface area contributed by atoms with Gasteiger partial charge in [-0.1, -0.05) is 123 Å². The predicted octanol–water partition coefficient (Wildman–Crippen LogP) is 9.39. The monoisotopic (exact) mass is 552 g/mol. The van der Waals surface area contributed by atoms with Crippen LogP contribution in [-0.2, 0) is 5.41 Å². The molecule has 8 rings (SSSR count). The number of fused-ring (bicyclic) bond motifs is 4. The minimum atomic E-state index is -0.175. The second-order valence-corrected chi connectivity index (χ2v) is 11.6. The second-order valence-electron chi connectivity index (χ2n) is 11.6. The Balaban J connectivity index is 1.23. The lowest BCUT2D eigenvalue weighted by molar-refractivity contribution is 0.636. The molecule has 0 spiro atoms. The predicted molar refractivity (Wildman–Crippen MR) is 174 cm³/mol. The van der Waals surface area contributed by atoms with Crippen molar-refractivity contribution in [3.63, 3.8) is 0 Å². The number of aromatic nitrogens is 4. The molecule has 0 fully saturated rings. The highest BCUT2D eigenvalue weighted by molar-refractivity contribution is 5.90. The summed E-state index contributed by atoms with van der Waals surface area (Å²) in [7, 11) is 0. The van der Waals surface area contributed by atoms with E-state index in [-0.39, 0.29) is 5.41 Å². The Hall–Kier alpha value is -5.48. The van der Waals surface area contributed by atoms with Crippen molar-refractivity contribution in [3.05, 3.63) is 145 Å². The molecule has 0 radical (unpaired) electrons. The summed E-state index contributed by atoms with van der Waals surface area (Å²) in [6, 6.07) is 44.0.